The minimum absolute atomic E-state index is 0.0600. The summed E-state index contributed by atoms with van der Waals surface area (Å²) in [6.07, 6.45) is 1.29. The summed E-state index contributed by atoms with van der Waals surface area (Å²) >= 11 is 0. The molecule has 0 amide bonds. The smallest absolute Gasteiger partial charge is 0.196 e. The van der Waals surface area contributed by atoms with E-state index in [2.05, 4.69) is 6.58 Å². The number of rotatable bonds is 1. The fourth-order valence-corrected chi connectivity index (χ4v) is 0.979. The maximum absolute atomic E-state index is 9.30. The number of aliphatic hydroxyl groups is 1. The number of hydrogen-bond acceptors (Lipinski definition) is 3. The average molecular weight is 158 g/mol. The fraction of sp³-hybridized carbons (Fsp3) is 0.750. The van der Waals surface area contributed by atoms with Crippen LogP contribution in [0.2, 0.25) is 0 Å². The van der Waals surface area contributed by atoms with E-state index in [4.69, 9.17) is 9.78 Å². The van der Waals surface area contributed by atoms with Crippen LogP contribution in [0.1, 0.15) is 26.7 Å². The van der Waals surface area contributed by atoms with Gasteiger partial charge in [0, 0.05) is 6.42 Å². The van der Waals surface area contributed by atoms with Gasteiger partial charge in [-0.2, -0.15) is 0 Å². The molecule has 1 heterocycles. The van der Waals surface area contributed by atoms with Gasteiger partial charge in [-0.3, -0.25) is 0 Å². The summed E-state index contributed by atoms with van der Waals surface area (Å²) in [5.41, 5.74) is 0.931. The molecule has 0 aliphatic carbocycles. The summed E-state index contributed by atoms with van der Waals surface area (Å²) in [7, 11) is 0. The summed E-state index contributed by atoms with van der Waals surface area (Å²) < 4.78 is 0. The highest BCUT2D eigenvalue weighted by molar-refractivity contribution is 4.98. The van der Waals surface area contributed by atoms with E-state index in [1.165, 1.54) is 0 Å². The summed E-state index contributed by atoms with van der Waals surface area (Å²) in [6, 6.07) is 0. The van der Waals surface area contributed by atoms with Gasteiger partial charge in [-0.25, -0.2) is 9.78 Å². The molecule has 1 aliphatic heterocycles. The zero-order chi connectivity index (χ0) is 8.48. The Morgan fingerprint density at radius 3 is 2.73 bits per heavy atom. The van der Waals surface area contributed by atoms with Gasteiger partial charge in [0.05, 0.1) is 0 Å². The molecule has 2 atom stereocenters. The predicted octanol–water partition coefficient (Wildman–Crippen LogP) is 1.38. The largest absolute Gasteiger partial charge is 0.363 e. The highest BCUT2D eigenvalue weighted by Crippen LogP contribution is 2.26. The molecule has 0 spiro atoms. The highest BCUT2D eigenvalue weighted by Gasteiger charge is 2.31. The molecule has 11 heavy (non-hydrogen) atoms. The van der Waals surface area contributed by atoms with Gasteiger partial charge >= 0.3 is 0 Å². The van der Waals surface area contributed by atoms with Crippen molar-refractivity contribution in [2.75, 3.05) is 0 Å². The van der Waals surface area contributed by atoms with E-state index in [9.17, 15) is 5.11 Å². The van der Waals surface area contributed by atoms with Crippen molar-refractivity contribution in [3.63, 3.8) is 0 Å². The second kappa shape index (κ2) is 2.93. The first-order chi connectivity index (χ1) is 5.01. The van der Waals surface area contributed by atoms with E-state index in [0.717, 1.165) is 12.0 Å². The number of hydrogen-bond donors (Lipinski definition) is 1. The molecule has 0 aromatic heterocycles. The van der Waals surface area contributed by atoms with Crippen molar-refractivity contribution >= 4 is 0 Å². The minimum atomic E-state index is -1.12. The quantitative estimate of drug-likeness (QED) is 0.463. The van der Waals surface area contributed by atoms with Crippen LogP contribution in [0.5, 0.6) is 0 Å². The lowest BCUT2D eigenvalue weighted by atomic mass is 10.0. The van der Waals surface area contributed by atoms with Gasteiger partial charge in [0.2, 0.25) is 0 Å². The molecule has 1 rings (SSSR count). The van der Waals surface area contributed by atoms with Crippen molar-refractivity contribution in [3.05, 3.63) is 12.2 Å². The molecule has 3 heteroatoms. The molecule has 1 saturated heterocycles. The SMILES string of the molecule is C=C(C)[C@H]1CC[C@@](C)(O)OO1. The summed E-state index contributed by atoms with van der Waals surface area (Å²) in [5, 5.41) is 9.30. The van der Waals surface area contributed by atoms with Crippen LogP contribution < -0.4 is 0 Å². The van der Waals surface area contributed by atoms with Gasteiger partial charge < -0.3 is 5.11 Å². The van der Waals surface area contributed by atoms with Gasteiger partial charge in [-0.15, -0.1) is 0 Å². The standard InChI is InChI=1S/C8H14O3/c1-6(2)7-4-5-8(3,9)11-10-7/h7,9H,1,4-5H2,2-3H3/t7-,8+/m1/s1. The van der Waals surface area contributed by atoms with Crippen molar-refractivity contribution in [3.8, 4) is 0 Å². The van der Waals surface area contributed by atoms with Crippen LogP contribution in [0.25, 0.3) is 0 Å². The molecule has 1 aliphatic rings. The fourth-order valence-electron chi connectivity index (χ4n) is 0.979. The average Bonchev–Trinajstić information content (AvgIpc) is 1.86. The van der Waals surface area contributed by atoms with Crippen LogP contribution in [0.4, 0.5) is 0 Å². The van der Waals surface area contributed by atoms with E-state index in [1.54, 1.807) is 6.92 Å². The van der Waals surface area contributed by atoms with Crippen LogP contribution >= 0.6 is 0 Å². The molecule has 1 N–H and O–H groups in total. The molecule has 64 valence electrons. The van der Waals surface area contributed by atoms with Crippen LogP contribution in [-0.4, -0.2) is 17.0 Å². The topological polar surface area (TPSA) is 38.7 Å². The molecule has 0 aromatic carbocycles. The van der Waals surface area contributed by atoms with E-state index in [0.29, 0.717) is 6.42 Å². The molecule has 1 fully saturated rings. The van der Waals surface area contributed by atoms with Gasteiger partial charge in [0.25, 0.3) is 0 Å². The van der Waals surface area contributed by atoms with Crippen molar-refractivity contribution in [2.24, 2.45) is 0 Å². The molecule has 0 radical (unpaired) electrons. The highest BCUT2D eigenvalue weighted by atomic mass is 17.2. The third-order valence-corrected chi connectivity index (χ3v) is 1.76. The lowest BCUT2D eigenvalue weighted by Crippen LogP contribution is -2.37. The van der Waals surface area contributed by atoms with E-state index < -0.39 is 5.79 Å². The van der Waals surface area contributed by atoms with Crippen LogP contribution in [0.15, 0.2) is 12.2 Å². The third-order valence-electron chi connectivity index (χ3n) is 1.76. The maximum atomic E-state index is 9.30. The molecule has 0 aromatic rings. The first-order valence-electron chi connectivity index (χ1n) is 3.73. The lowest BCUT2D eigenvalue weighted by Gasteiger charge is -2.31. The first-order valence-corrected chi connectivity index (χ1v) is 3.73. The Morgan fingerprint density at radius 1 is 1.73 bits per heavy atom. The van der Waals surface area contributed by atoms with Crippen LogP contribution in [0.3, 0.4) is 0 Å². The molecule has 0 saturated carbocycles. The van der Waals surface area contributed by atoms with Crippen molar-refractivity contribution in [1.82, 2.24) is 0 Å². The normalized spacial score (nSPS) is 38.6. The molecular weight excluding hydrogens is 144 g/mol. The van der Waals surface area contributed by atoms with Gasteiger partial charge in [-0.1, -0.05) is 6.58 Å². The summed E-state index contributed by atoms with van der Waals surface area (Å²) in [5.74, 6) is -1.12. The van der Waals surface area contributed by atoms with E-state index in [-0.39, 0.29) is 6.10 Å². The summed E-state index contributed by atoms with van der Waals surface area (Å²) in [4.78, 5) is 9.64. The Kier molecular flexibility index (Phi) is 2.32. The zero-order valence-electron chi connectivity index (χ0n) is 6.96. The second-order valence-corrected chi connectivity index (χ2v) is 3.23. The third kappa shape index (κ3) is 2.29. The van der Waals surface area contributed by atoms with Crippen molar-refractivity contribution in [1.29, 1.82) is 0 Å². The first kappa shape index (κ1) is 8.71. The van der Waals surface area contributed by atoms with Crippen LogP contribution in [-0.2, 0) is 9.78 Å². The Bertz CT molecular complexity index is 153. The van der Waals surface area contributed by atoms with Gasteiger partial charge in [0.1, 0.15) is 6.10 Å². The Balaban J connectivity index is 2.42. The Labute approximate surface area is 66.5 Å². The Morgan fingerprint density at radius 2 is 2.36 bits per heavy atom. The second-order valence-electron chi connectivity index (χ2n) is 3.23. The van der Waals surface area contributed by atoms with Gasteiger partial charge in [0.15, 0.2) is 5.79 Å². The maximum Gasteiger partial charge on any atom is 0.196 e. The minimum Gasteiger partial charge on any atom is -0.363 e. The summed E-state index contributed by atoms with van der Waals surface area (Å²) in [6.45, 7) is 7.21. The predicted molar refractivity (Wildman–Crippen MR) is 40.6 cm³/mol. The molecular formula is C8H14O3. The van der Waals surface area contributed by atoms with Crippen LogP contribution in [0, 0.1) is 0 Å². The van der Waals surface area contributed by atoms with Gasteiger partial charge in [-0.05, 0) is 25.8 Å². The van der Waals surface area contributed by atoms with Crippen molar-refractivity contribution < 1.29 is 14.9 Å². The monoisotopic (exact) mass is 158 g/mol. The molecule has 3 nitrogen and oxygen atoms in total. The molecule has 0 unspecified atom stereocenters. The van der Waals surface area contributed by atoms with Crippen molar-refractivity contribution in [2.45, 2.75) is 38.6 Å². The van der Waals surface area contributed by atoms with E-state index >= 15 is 0 Å². The zero-order valence-corrected chi connectivity index (χ0v) is 6.96. The van der Waals surface area contributed by atoms with E-state index in [1.807, 2.05) is 6.92 Å². The lowest BCUT2D eigenvalue weighted by molar-refractivity contribution is -0.449. The Hall–Kier alpha value is -0.380. The molecule has 0 bridgehead atoms.